The smallest absolute Gasteiger partial charge is 0.223 e. The number of carbonyl (C=O) groups excluding carboxylic acids is 1. The molecule has 2 atom stereocenters. The van der Waals surface area contributed by atoms with Crippen molar-refractivity contribution >= 4 is 5.91 Å². The molecule has 0 bridgehead atoms. The first-order valence-electron chi connectivity index (χ1n) is 5.60. The second kappa shape index (κ2) is 4.78. The van der Waals surface area contributed by atoms with Crippen LogP contribution >= 0.6 is 0 Å². The molecule has 1 amide bonds. The second-order valence-corrected chi connectivity index (χ2v) is 4.30. The number of likely N-dealkylation sites (N-methyl/N-ethyl adjacent to an activating group) is 1. The zero-order valence-corrected chi connectivity index (χ0v) is 9.71. The number of likely N-dealkylation sites (tertiary alicyclic amines) is 1. The van der Waals surface area contributed by atoms with Gasteiger partial charge in [-0.05, 0) is 33.7 Å². The molecule has 1 N–H and O–H groups in total. The Morgan fingerprint density at radius 3 is 2.64 bits per heavy atom. The van der Waals surface area contributed by atoms with E-state index in [1.807, 2.05) is 11.9 Å². The summed E-state index contributed by atoms with van der Waals surface area (Å²) in [6.45, 7) is 6.36. The third kappa shape index (κ3) is 2.08. The Kier molecular flexibility index (Phi) is 3.93. The van der Waals surface area contributed by atoms with Gasteiger partial charge in [-0.15, -0.1) is 0 Å². The van der Waals surface area contributed by atoms with Gasteiger partial charge in [0, 0.05) is 24.5 Å². The molecule has 1 rings (SSSR count). The summed E-state index contributed by atoms with van der Waals surface area (Å²) in [5.41, 5.74) is 0. The third-order valence-corrected chi connectivity index (χ3v) is 3.13. The molecule has 0 aliphatic carbocycles. The molecule has 1 fully saturated rings. The number of hydrogen-bond donors (Lipinski definition) is 1. The first-order chi connectivity index (χ1) is 6.61. The van der Waals surface area contributed by atoms with E-state index in [9.17, 15) is 4.79 Å². The fourth-order valence-electron chi connectivity index (χ4n) is 2.46. The van der Waals surface area contributed by atoms with Crippen molar-refractivity contribution in [2.45, 2.75) is 58.2 Å². The summed E-state index contributed by atoms with van der Waals surface area (Å²) in [7, 11) is 1.98. The van der Waals surface area contributed by atoms with E-state index >= 15 is 0 Å². The van der Waals surface area contributed by atoms with Crippen LogP contribution in [0.15, 0.2) is 0 Å². The molecule has 0 radical (unpaired) electrons. The van der Waals surface area contributed by atoms with Gasteiger partial charge in [0.2, 0.25) is 5.91 Å². The Labute approximate surface area is 86.9 Å². The van der Waals surface area contributed by atoms with E-state index in [2.05, 4.69) is 26.1 Å². The summed E-state index contributed by atoms with van der Waals surface area (Å²) in [6.07, 6.45) is 2.81. The lowest BCUT2D eigenvalue weighted by molar-refractivity contribution is -0.131. The summed E-state index contributed by atoms with van der Waals surface area (Å²) in [6, 6.07) is 1.18. The second-order valence-electron chi connectivity index (χ2n) is 4.30. The van der Waals surface area contributed by atoms with Crippen LogP contribution in [0.1, 0.15) is 40.0 Å². The van der Waals surface area contributed by atoms with Gasteiger partial charge >= 0.3 is 0 Å². The topological polar surface area (TPSA) is 32.3 Å². The van der Waals surface area contributed by atoms with E-state index < -0.39 is 0 Å². The molecule has 0 spiro atoms. The van der Waals surface area contributed by atoms with Gasteiger partial charge in [-0.2, -0.15) is 0 Å². The fourth-order valence-corrected chi connectivity index (χ4v) is 2.46. The van der Waals surface area contributed by atoms with Crippen LogP contribution in [-0.4, -0.2) is 36.0 Å². The highest BCUT2D eigenvalue weighted by molar-refractivity contribution is 5.79. The van der Waals surface area contributed by atoms with Crippen molar-refractivity contribution < 1.29 is 4.79 Å². The van der Waals surface area contributed by atoms with Crippen LogP contribution in [0.4, 0.5) is 0 Å². The largest absolute Gasteiger partial charge is 0.336 e. The van der Waals surface area contributed by atoms with Crippen molar-refractivity contribution in [3.63, 3.8) is 0 Å². The fraction of sp³-hybridized carbons (Fsp3) is 0.909. The summed E-state index contributed by atoms with van der Waals surface area (Å²) < 4.78 is 0. The summed E-state index contributed by atoms with van der Waals surface area (Å²) in [5, 5.41) is 3.31. The zero-order valence-electron chi connectivity index (χ0n) is 9.71. The molecule has 1 saturated heterocycles. The van der Waals surface area contributed by atoms with Gasteiger partial charge in [0.15, 0.2) is 0 Å². The number of nitrogens with one attached hydrogen (secondary N) is 1. The Hall–Kier alpha value is -0.570. The summed E-state index contributed by atoms with van der Waals surface area (Å²) >= 11 is 0. The lowest BCUT2D eigenvalue weighted by Gasteiger charge is -2.34. The van der Waals surface area contributed by atoms with Gasteiger partial charge in [-0.1, -0.05) is 6.92 Å². The molecule has 0 aromatic heterocycles. The minimum absolute atomic E-state index is 0.318. The molecular formula is C11H22N2O. The molecule has 0 aromatic rings. The number of hydrogen-bond acceptors (Lipinski definition) is 2. The molecule has 0 aromatic carbocycles. The van der Waals surface area contributed by atoms with Gasteiger partial charge in [0.05, 0.1) is 0 Å². The van der Waals surface area contributed by atoms with Crippen molar-refractivity contribution in [3.8, 4) is 0 Å². The molecular weight excluding hydrogens is 176 g/mol. The van der Waals surface area contributed by atoms with Gasteiger partial charge in [0.25, 0.3) is 0 Å². The maximum Gasteiger partial charge on any atom is 0.223 e. The highest BCUT2D eigenvalue weighted by atomic mass is 16.2. The van der Waals surface area contributed by atoms with Gasteiger partial charge in [0.1, 0.15) is 0 Å². The highest BCUT2D eigenvalue weighted by Gasteiger charge is 2.36. The van der Waals surface area contributed by atoms with Crippen LogP contribution in [0.25, 0.3) is 0 Å². The Balaban J connectivity index is 2.72. The molecule has 3 heteroatoms. The molecule has 1 heterocycles. The Bertz CT molecular complexity index is 199. The van der Waals surface area contributed by atoms with Crippen molar-refractivity contribution in [3.05, 3.63) is 0 Å². The highest BCUT2D eigenvalue weighted by Crippen LogP contribution is 2.24. The molecule has 3 nitrogen and oxygen atoms in total. The van der Waals surface area contributed by atoms with Gasteiger partial charge in [-0.3, -0.25) is 4.79 Å². The number of nitrogens with zero attached hydrogens (tertiary/aromatic N) is 1. The van der Waals surface area contributed by atoms with E-state index in [1.54, 1.807) is 0 Å². The number of amides is 1. The van der Waals surface area contributed by atoms with Crippen molar-refractivity contribution in [1.82, 2.24) is 10.2 Å². The lowest BCUT2D eigenvalue weighted by Crippen LogP contribution is -2.49. The van der Waals surface area contributed by atoms with Crippen LogP contribution in [0, 0.1) is 0 Å². The van der Waals surface area contributed by atoms with E-state index in [0.717, 1.165) is 19.3 Å². The maximum absolute atomic E-state index is 11.7. The summed E-state index contributed by atoms with van der Waals surface area (Å²) in [4.78, 5) is 13.7. The average Bonchev–Trinajstić information content (AvgIpc) is 2.50. The Morgan fingerprint density at radius 2 is 2.21 bits per heavy atom. The average molecular weight is 198 g/mol. The van der Waals surface area contributed by atoms with Gasteiger partial charge < -0.3 is 10.2 Å². The minimum atomic E-state index is 0.318. The summed E-state index contributed by atoms with van der Waals surface area (Å²) in [5.74, 6) is 0.318. The van der Waals surface area contributed by atoms with E-state index in [1.165, 1.54) is 0 Å². The van der Waals surface area contributed by atoms with E-state index in [-0.39, 0.29) is 0 Å². The molecule has 14 heavy (non-hydrogen) atoms. The van der Waals surface area contributed by atoms with Crippen LogP contribution < -0.4 is 5.32 Å². The van der Waals surface area contributed by atoms with Crippen LogP contribution in [-0.2, 0) is 4.79 Å². The first-order valence-corrected chi connectivity index (χ1v) is 5.60. The van der Waals surface area contributed by atoms with Gasteiger partial charge in [-0.25, -0.2) is 0 Å². The molecule has 82 valence electrons. The SMILES string of the molecule is CCC(NC)C1CCC(=O)N1C(C)C. The normalized spacial score (nSPS) is 24.8. The molecule has 1 aliphatic rings. The quantitative estimate of drug-likeness (QED) is 0.740. The van der Waals surface area contributed by atoms with E-state index in [0.29, 0.717) is 24.0 Å². The van der Waals surface area contributed by atoms with Crippen molar-refractivity contribution in [2.75, 3.05) is 7.05 Å². The third-order valence-electron chi connectivity index (χ3n) is 3.13. The lowest BCUT2D eigenvalue weighted by atomic mass is 10.0. The maximum atomic E-state index is 11.7. The van der Waals surface area contributed by atoms with Crippen LogP contribution in [0.2, 0.25) is 0 Å². The van der Waals surface area contributed by atoms with Crippen LogP contribution in [0.5, 0.6) is 0 Å². The Morgan fingerprint density at radius 1 is 1.57 bits per heavy atom. The van der Waals surface area contributed by atoms with E-state index in [4.69, 9.17) is 0 Å². The monoisotopic (exact) mass is 198 g/mol. The standard InChI is InChI=1S/C11H22N2O/c1-5-9(12-4)10-6-7-11(14)13(10)8(2)3/h8-10,12H,5-7H2,1-4H3. The predicted molar refractivity (Wildman–Crippen MR) is 58.1 cm³/mol. The molecule has 2 unspecified atom stereocenters. The minimum Gasteiger partial charge on any atom is -0.336 e. The first kappa shape index (κ1) is 11.5. The predicted octanol–water partition coefficient (Wildman–Crippen LogP) is 1.38. The van der Waals surface area contributed by atoms with Crippen molar-refractivity contribution in [2.24, 2.45) is 0 Å². The van der Waals surface area contributed by atoms with Crippen molar-refractivity contribution in [1.29, 1.82) is 0 Å². The molecule has 0 saturated carbocycles. The van der Waals surface area contributed by atoms with Crippen LogP contribution in [0.3, 0.4) is 0 Å². The zero-order chi connectivity index (χ0) is 10.7. The number of rotatable bonds is 4. The number of carbonyl (C=O) groups is 1. The molecule has 1 aliphatic heterocycles.